The van der Waals surface area contributed by atoms with Crippen LogP contribution in [0.25, 0.3) is 6.08 Å². The maximum atomic E-state index is 12.2. The highest BCUT2D eigenvalue weighted by Gasteiger charge is 2.32. The summed E-state index contributed by atoms with van der Waals surface area (Å²) in [5.41, 5.74) is 0.803. The molecular weight excluding hydrogens is 359 g/mol. The maximum Gasteiger partial charge on any atom is 0.303 e. The van der Waals surface area contributed by atoms with Crippen LogP contribution >= 0.6 is 23.2 Å². The molecule has 5 heteroatoms. The Morgan fingerprint density at radius 3 is 2.52 bits per heavy atom. The minimum absolute atomic E-state index is 0.0667. The van der Waals surface area contributed by atoms with E-state index in [0.29, 0.717) is 28.7 Å². The highest BCUT2D eigenvalue weighted by Crippen LogP contribution is 2.35. The van der Waals surface area contributed by atoms with E-state index >= 15 is 0 Å². The van der Waals surface area contributed by atoms with Crippen molar-refractivity contribution in [3.8, 4) is 0 Å². The lowest BCUT2D eigenvalue weighted by Crippen LogP contribution is -2.13. The Bertz CT molecular complexity index is 620. The minimum Gasteiger partial charge on any atom is -0.481 e. The molecule has 1 fully saturated rings. The molecule has 1 aliphatic carbocycles. The van der Waals surface area contributed by atoms with E-state index in [1.807, 2.05) is 24.3 Å². The highest BCUT2D eigenvalue weighted by atomic mass is 35.5. The van der Waals surface area contributed by atoms with E-state index in [1.54, 1.807) is 0 Å². The third kappa shape index (κ3) is 6.16. The lowest BCUT2D eigenvalue weighted by Gasteiger charge is -2.15. The van der Waals surface area contributed by atoms with E-state index < -0.39 is 5.97 Å². The molecule has 0 bridgehead atoms. The molecule has 0 aromatic heterocycles. The molecule has 1 aromatic rings. The van der Waals surface area contributed by atoms with Crippen LogP contribution in [0, 0.1) is 11.8 Å². The second-order valence-corrected chi connectivity index (χ2v) is 7.43. The van der Waals surface area contributed by atoms with E-state index in [1.165, 1.54) is 0 Å². The number of Topliss-reactive ketones (excluding diaryl/α,β-unsaturated/α-hetero) is 1. The van der Waals surface area contributed by atoms with Crippen LogP contribution in [0.4, 0.5) is 0 Å². The van der Waals surface area contributed by atoms with Crippen LogP contribution in [0.1, 0.15) is 56.9 Å². The number of aliphatic carboxylic acids is 1. The first kappa shape index (κ1) is 20.0. The van der Waals surface area contributed by atoms with Gasteiger partial charge in [0.05, 0.1) is 0 Å². The number of rotatable bonds is 9. The molecule has 0 saturated heterocycles. The van der Waals surface area contributed by atoms with Crippen LogP contribution < -0.4 is 0 Å². The fraction of sp³-hybridized carbons (Fsp3) is 0.500. The second-order valence-electron chi connectivity index (χ2n) is 6.62. The number of unbranched alkanes of at least 4 members (excludes halogenated alkanes) is 3. The first-order valence-corrected chi connectivity index (χ1v) is 9.61. The SMILES string of the molecule is O=C(O)CCCCCCC1C(=O)CCC1/C=C/c1c(Cl)cccc1Cl. The Labute approximate surface area is 159 Å². The van der Waals surface area contributed by atoms with Gasteiger partial charge in [-0.25, -0.2) is 0 Å². The predicted octanol–water partition coefficient (Wildman–Crippen LogP) is 6.03. The molecule has 3 nitrogen and oxygen atoms in total. The van der Waals surface area contributed by atoms with Gasteiger partial charge >= 0.3 is 5.97 Å². The molecular formula is C20H24Cl2O3. The summed E-state index contributed by atoms with van der Waals surface area (Å²) < 4.78 is 0. The number of benzene rings is 1. The van der Waals surface area contributed by atoms with Gasteiger partial charge in [0.2, 0.25) is 0 Å². The van der Waals surface area contributed by atoms with Gasteiger partial charge in [0, 0.05) is 34.4 Å². The molecule has 0 aliphatic heterocycles. The number of carboxylic acid groups (broad SMARTS) is 1. The van der Waals surface area contributed by atoms with Crippen molar-refractivity contribution in [2.24, 2.45) is 11.8 Å². The number of carbonyl (C=O) groups is 2. The Kier molecular flexibility index (Phi) is 7.98. The third-order valence-electron chi connectivity index (χ3n) is 4.82. The van der Waals surface area contributed by atoms with E-state index in [2.05, 4.69) is 6.08 Å². The molecule has 0 amide bonds. The first-order chi connectivity index (χ1) is 12.0. The van der Waals surface area contributed by atoms with E-state index in [9.17, 15) is 9.59 Å². The van der Waals surface area contributed by atoms with Crippen molar-refractivity contribution in [3.05, 3.63) is 39.9 Å². The van der Waals surface area contributed by atoms with Crippen LogP contribution in [0.2, 0.25) is 10.0 Å². The normalized spacial score (nSPS) is 20.5. The summed E-state index contributed by atoms with van der Waals surface area (Å²) in [4.78, 5) is 22.7. The molecule has 0 radical (unpaired) electrons. The van der Waals surface area contributed by atoms with Crippen molar-refractivity contribution in [1.82, 2.24) is 0 Å². The Morgan fingerprint density at radius 1 is 1.16 bits per heavy atom. The lowest BCUT2D eigenvalue weighted by atomic mass is 9.89. The van der Waals surface area contributed by atoms with Gasteiger partial charge in [0.1, 0.15) is 5.78 Å². The second kappa shape index (κ2) is 9.98. The number of hydrogen-bond donors (Lipinski definition) is 1. The van der Waals surface area contributed by atoms with Gasteiger partial charge in [-0.2, -0.15) is 0 Å². The molecule has 1 aliphatic rings. The summed E-state index contributed by atoms with van der Waals surface area (Å²) in [5, 5.41) is 9.86. The summed E-state index contributed by atoms with van der Waals surface area (Å²) in [6, 6.07) is 5.43. The zero-order valence-electron chi connectivity index (χ0n) is 14.2. The van der Waals surface area contributed by atoms with Crippen molar-refractivity contribution in [1.29, 1.82) is 0 Å². The molecule has 1 N–H and O–H groups in total. The van der Waals surface area contributed by atoms with Gasteiger partial charge in [-0.15, -0.1) is 0 Å². The predicted molar refractivity (Wildman–Crippen MR) is 102 cm³/mol. The number of ketones is 1. The fourth-order valence-corrected chi connectivity index (χ4v) is 3.95. The van der Waals surface area contributed by atoms with Gasteiger partial charge in [-0.1, -0.05) is 60.7 Å². The van der Waals surface area contributed by atoms with Crippen molar-refractivity contribution in [3.63, 3.8) is 0 Å². The maximum absolute atomic E-state index is 12.2. The number of hydrogen-bond acceptors (Lipinski definition) is 2. The molecule has 2 rings (SSSR count). The van der Waals surface area contributed by atoms with Crippen molar-refractivity contribution >= 4 is 41.0 Å². The highest BCUT2D eigenvalue weighted by molar-refractivity contribution is 6.37. The quantitative estimate of drug-likeness (QED) is 0.530. The number of carboxylic acids is 1. The molecule has 1 aromatic carbocycles. The molecule has 2 atom stereocenters. The van der Waals surface area contributed by atoms with Gasteiger partial charge in [-0.3, -0.25) is 9.59 Å². The van der Waals surface area contributed by atoms with Crippen LogP contribution in [-0.2, 0) is 9.59 Å². The third-order valence-corrected chi connectivity index (χ3v) is 5.48. The van der Waals surface area contributed by atoms with Gasteiger partial charge in [0.25, 0.3) is 0 Å². The van der Waals surface area contributed by atoms with Gasteiger partial charge in [0.15, 0.2) is 0 Å². The zero-order valence-corrected chi connectivity index (χ0v) is 15.7. The Hall–Kier alpha value is -1.32. The summed E-state index contributed by atoms with van der Waals surface area (Å²) in [7, 11) is 0. The number of allylic oxidation sites excluding steroid dienone is 1. The van der Waals surface area contributed by atoms with Gasteiger partial charge in [-0.05, 0) is 37.3 Å². The molecule has 25 heavy (non-hydrogen) atoms. The molecule has 0 heterocycles. The molecule has 1 saturated carbocycles. The Balaban J connectivity index is 1.86. The van der Waals surface area contributed by atoms with Crippen LogP contribution in [0.3, 0.4) is 0 Å². The van der Waals surface area contributed by atoms with E-state index in [-0.39, 0.29) is 18.3 Å². The fourth-order valence-electron chi connectivity index (χ4n) is 3.42. The number of carbonyl (C=O) groups excluding carboxylic acids is 1. The topological polar surface area (TPSA) is 54.4 Å². The standard InChI is InChI=1S/C20H24Cl2O3/c21-17-7-5-8-18(22)16(17)12-10-14-11-13-19(23)15(14)6-3-1-2-4-9-20(24)25/h5,7-8,10,12,14-15H,1-4,6,9,11,13H2,(H,24,25)/b12-10+. The van der Waals surface area contributed by atoms with Crippen LogP contribution in [0.15, 0.2) is 24.3 Å². The molecule has 0 spiro atoms. The van der Waals surface area contributed by atoms with Gasteiger partial charge < -0.3 is 5.11 Å². The Morgan fingerprint density at radius 2 is 1.84 bits per heavy atom. The monoisotopic (exact) mass is 382 g/mol. The molecule has 2 unspecified atom stereocenters. The van der Waals surface area contributed by atoms with Crippen molar-refractivity contribution in [2.75, 3.05) is 0 Å². The van der Waals surface area contributed by atoms with E-state index in [4.69, 9.17) is 28.3 Å². The summed E-state index contributed by atoms with van der Waals surface area (Å²) >= 11 is 12.4. The van der Waals surface area contributed by atoms with Crippen LogP contribution in [0.5, 0.6) is 0 Å². The average Bonchev–Trinajstić information content (AvgIpc) is 2.90. The summed E-state index contributed by atoms with van der Waals surface area (Å²) in [6.45, 7) is 0. The van der Waals surface area contributed by atoms with E-state index in [0.717, 1.165) is 37.7 Å². The smallest absolute Gasteiger partial charge is 0.303 e. The summed E-state index contributed by atoms with van der Waals surface area (Å²) in [5.74, 6) is -0.101. The van der Waals surface area contributed by atoms with Crippen molar-refractivity contribution in [2.45, 2.75) is 51.4 Å². The first-order valence-electron chi connectivity index (χ1n) is 8.85. The lowest BCUT2D eigenvalue weighted by molar-refractivity contribution is -0.137. The summed E-state index contributed by atoms with van der Waals surface area (Å²) in [6.07, 6.45) is 10.2. The molecule has 136 valence electrons. The van der Waals surface area contributed by atoms with Crippen molar-refractivity contribution < 1.29 is 14.7 Å². The minimum atomic E-state index is -0.741. The largest absolute Gasteiger partial charge is 0.481 e. The van der Waals surface area contributed by atoms with Crippen LogP contribution in [-0.4, -0.2) is 16.9 Å². The zero-order chi connectivity index (χ0) is 18.2. The average molecular weight is 383 g/mol. The number of halogens is 2.